The average molecular weight is 382 g/mol. The molecule has 0 radical (unpaired) electrons. The van der Waals surface area contributed by atoms with Gasteiger partial charge in [-0.05, 0) is 37.9 Å². The quantitative estimate of drug-likeness (QED) is 0.612. The van der Waals surface area contributed by atoms with Gasteiger partial charge in [-0.2, -0.15) is 0 Å². The molecule has 7 nitrogen and oxygen atoms in total. The molecule has 148 valence electrons. The molecular formula is C21H26N4O3. The summed E-state index contributed by atoms with van der Waals surface area (Å²) in [6, 6.07) is 8.15. The van der Waals surface area contributed by atoms with Crippen molar-refractivity contribution in [2.24, 2.45) is 5.92 Å². The molecule has 0 saturated carbocycles. The number of hydrogen-bond acceptors (Lipinski definition) is 5. The summed E-state index contributed by atoms with van der Waals surface area (Å²) >= 11 is 0. The minimum atomic E-state index is -0.217. The van der Waals surface area contributed by atoms with Crippen LogP contribution in [0.5, 0.6) is 0 Å². The molecule has 2 saturated heterocycles. The number of carbonyl (C=O) groups is 1. The minimum Gasteiger partial charge on any atom is -0.452 e. The van der Waals surface area contributed by atoms with Crippen molar-refractivity contribution < 1.29 is 9.53 Å². The molecule has 2 N–H and O–H groups in total. The van der Waals surface area contributed by atoms with Crippen LogP contribution in [-0.4, -0.2) is 59.2 Å². The number of imidazole rings is 1. The van der Waals surface area contributed by atoms with Crippen LogP contribution >= 0.6 is 0 Å². The van der Waals surface area contributed by atoms with E-state index in [1.54, 1.807) is 0 Å². The fourth-order valence-electron chi connectivity index (χ4n) is 4.65. The first-order valence-corrected chi connectivity index (χ1v) is 9.93. The number of H-pyrrole nitrogens is 1. The van der Waals surface area contributed by atoms with Crippen molar-refractivity contribution in [2.45, 2.75) is 31.3 Å². The van der Waals surface area contributed by atoms with E-state index in [1.165, 1.54) is 0 Å². The van der Waals surface area contributed by atoms with Crippen molar-refractivity contribution in [3.05, 3.63) is 34.7 Å². The molecule has 2 atom stereocenters. The Hall–Kier alpha value is -2.56. The van der Waals surface area contributed by atoms with E-state index in [2.05, 4.69) is 21.1 Å². The lowest BCUT2D eigenvalue weighted by atomic mass is 9.89. The fraction of sp³-hybridized carbons (Fsp3) is 0.524. The Morgan fingerprint density at radius 3 is 2.82 bits per heavy atom. The third kappa shape index (κ3) is 3.58. The predicted octanol–water partition coefficient (Wildman–Crippen LogP) is 1.12. The summed E-state index contributed by atoms with van der Waals surface area (Å²) < 4.78 is 7.10. The van der Waals surface area contributed by atoms with E-state index in [0.717, 1.165) is 49.9 Å². The standard InChI is InChI=1S/C21H26N4O3/c1-2-13-28-20(26)16-14-22-10-7-18(16)24-11-8-15(9-12-24)25-19-6-4-3-5-17(19)23-21(25)27/h1,3-6,15-16,18,22H,7-14H2,(H,23,27). The summed E-state index contributed by atoms with van der Waals surface area (Å²) in [5.41, 5.74) is 1.80. The van der Waals surface area contributed by atoms with Crippen LogP contribution in [0.15, 0.2) is 29.1 Å². The van der Waals surface area contributed by atoms with E-state index in [4.69, 9.17) is 11.2 Å². The molecule has 2 aromatic rings. The molecule has 3 heterocycles. The number of benzene rings is 1. The number of ether oxygens (including phenoxy) is 1. The largest absolute Gasteiger partial charge is 0.452 e. The fourth-order valence-corrected chi connectivity index (χ4v) is 4.65. The Morgan fingerprint density at radius 1 is 1.25 bits per heavy atom. The Labute approximate surface area is 164 Å². The zero-order valence-corrected chi connectivity index (χ0v) is 15.9. The van der Waals surface area contributed by atoms with E-state index >= 15 is 0 Å². The second-order valence-electron chi connectivity index (χ2n) is 7.56. The number of terminal acetylenes is 1. The van der Waals surface area contributed by atoms with Crippen molar-refractivity contribution in [3.8, 4) is 12.3 Å². The molecule has 0 aliphatic carbocycles. The van der Waals surface area contributed by atoms with E-state index in [0.29, 0.717) is 6.54 Å². The molecule has 0 bridgehead atoms. The van der Waals surface area contributed by atoms with Crippen LogP contribution in [0, 0.1) is 18.3 Å². The number of nitrogens with one attached hydrogen (secondary N) is 2. The second-order valence-corrected chi connectivity index (χ2v) is 7.56. The van der Waals surface area contributed by atoms with Gasteiger partial charge in [0.05, 0.1) is 17.0 Å². The molecule has 1 aromatic carbocycles. The summed E-state index contributed by atoms with van der Waals surface area (Å²) in [7, 11) is 0. The first kappa shape index (κ1) is 18.8. The van der Waals surface area contributed by atoms with Crippen LogP contribution in [0.4, 0.5) is 0 Å². The zero-order valence-electron chi connectivity index (χ0n) is 15.9. The van der Waals surface area contributed by atoms with Gasteiger partial charge in [-0.25, -0.2) is 4.79 Å². The molecular weight excluding hydrogens is 356 g/mol. The number of piperidine rings is 2. The molecule has 1 aromatic heterocycles. The lowest BCUT2D eigenvalue weighted by Gasteiger charge is -2.42. The predicted molar refractivity (Wildman–Crippen MR) is 107 cm³/mol. The SMILES string of the molecule is C#CCOC(=O)C1CNCCC1N1CCC(n2c(=O)[nH]c3ccccc32)CC1. The van der Waals surface area contributed by atoms with Crippen molar-refractivity contribution in [1.82, 2.24) is 19.8 Å². The highest BCUT2D eigenvalue weighted by Crippen LogP contribution is 2.29. The summed E-state index contributed by atoms with van der Waals surface area (Å²) in [4.78, 5) is 30.2. The van der Waals surface area contributed by atoms with Crippen LogP contribution in [0.1, 0.15) is 25.3 Å². The Kier molecular flexibility index (Phi) is 5.51. The second kappa shape index (κ2) is 8.21. The number of carbonyl (C=O) groups excluding carboxylic acids is 1. The molecule has 2 aliphatic heterocycles. The van der Waals surface area contributed by atoms with Crippen LogP contribution < -0.4 is 11.0 Å². The van der Waals surface area contributed by atoms with E-state index in [9.17, 15) is 9.59 Å². The van der Waals surface area contributed by atoms with Crippen molar-refractivity contribution in [1.29, 1.82) is 0 Å². The summed E-state index contributed by atoms with van der Waals surface area (Å²) in [5, 5.41) is 3.29. The number of likely N-dealkylation sites (tertiary alicyclic amines) is 1. The number of hydrogen-bond donors (Lipinski definition) is 2. The van der Waals surface area contributed by atoms with E-state index in [-0.39, 0.29) is 36.3 Å². The number of para-hydroxylation sites is 2. The Morgan fingerprint density at radius 2 is 2.04 bits per heavy atom. The van der Waals surface area contributed by atoms with Gasteiger partial charge in [0.25, 0.3) is 0 Å². The first-order valence-electron chi connectivity index (χ1n) is 9.93. The number of aromatic nitrogens is 2. The smallest absolute Gasteiger partial charge is 0.326 e. The Balaban J connectivity index is 1.45. The molecule has 2 unspecified atom stereocenters. The lowest BCUT2D eigenvalue weighted by molar-refractivity contribution is -0.150. The monoisotopic (exact) mass is 382 g/mol. The molecule has 0 amide bonds. The van der Waals surface area contributed by atoms with Crippen LogP contribution in [0.3, 0.4) is 0 Å². The highest BCUT2D eigenvalue weighted by atomic mass is 16.5. The Bertz CT molecular complexity index is 933. The normalized spacial score (nSPS) is 24.1. The van der Waals surface area contributed by atoms with E-state index < -0.39 is 0 Å². The summed E-state index contributed by atoms with van der Waals surface area (Å²) in [6.45, 7) is 3.26. The first-order chi connectivity index (χ1) is 13.7. The van der Waals surface area contributed by atoms with Crippen molar-refractivity contribution in [2.75, 3.05) is 32.8 Å². The van der Waals surface area contributed by atoms with Gasteiger partial charge in [-0.3, -0.25) is 14.3 Å². The number of fused-ring (bicyclic) bond motifs is 1. The average Bonchev–Trinajstić information content (AvgIpc) is 3.08. The number of nitrogens with zero attached hydrogens (tertiary/aromatic N) is 2. The third-order valence-electron chi connectivity index (χ3n) is 6.00. The van der Waals surface area contributed by atoms with Gasteiger partial charge in [0, 0.05) is 31.7 Å². The number of rotatable bonds is 4. The molecule has 4 rings (SSSR count). The van der Waals surface area contributed by atoms with E-state index in [1.807, 2.05) is 28.8 Å². The maximum Gasteiger partial charge on any atom is 0.326 e. The number of esters is 1. The van der Waals surface area contributed by atoms with Crippen LogP contribution in [-0.2, 0) is 9.53 Å². The van der Waals surface area contributed by atoms with Crippen LogP contribution in [0.2, 0.25) is 0 Å². The van der Waals surface area contributed by atoms with Gasteiger partial charge in [-0.15, -0.1) is 6.42 Å². The molecule has 7 heteroatoms. The van der Waals surface area contributed by atoms with Crippen molar-refractivity contribution in [3.63, 3.8) is 0 Å². The molecule has 28 heavy (non-hydrogen) atoms. The van der Waals surface area contributed by atoms with Gasteiger partial charge in [0.1, 0.15) is 0 Å². The molecule has 2 fully saturated rings. The van der Waals surface area contributed by atoms with Gasteiger partial charge in [-0.1, -0.05) is 18.1 Å². The van der Waals surface area contributed by atoms with Gasteiger partial charge < -0.3 is 15.0 Å². The van der Waals surface area contributed by atoms with Gasteiger partial charge in [0.2, 0.25) is 0 Å². The lowest BCUT2D eigenvalue weighted by Crippen LogP contribution is -2.54. The summed E-state index contributed by atoms with van der Waals surface area (Å²) in [6.07, 6.45) is 7.90. The van der Waals surface area contributed by atoms with Gasteiger partial charge >= 0.3 is 11.7 Å². The number of aromatic amines is 1. The van der Waals surface area contributed by atoms with Gasteiger partial charge in [0.15, 0.2) is 6.61 Å². The summed E-state index contributed by atoms with van der Waals surface area (Å²) in [5.74, 6) is 1.94. The van der Waals surface area contributed by atoms with Crippen molar-refractivity contribution >= 4 is 17.0 Å². The highest BCUT2D eigenvalue weighted by molar-refractivity contribution is 5.75. The third-order valence-corrected chi connectivity index (χ3v) is 6.00. The highest BCUT2D eigenvalue weighted by Gasteiger charge is 2.37. The maximum absolute atomic E-state index is 12.5. The zero-order chi connectivity index (χ0) is 19.5. The molecule has 2 aliphatic rings. The minimum absolute atomic E-state index is 0.0214. The maximum atomic E-state index is 12.5. The topological polar surface area (TPSA) is 79.4 Å². The van der Waals surface area contributed by atoms with Crippen LogP contribution in [0.25, 0.3) is 11.0 Å². The molecule has 0 spiro atoms.